The van der Waals surface area contributed by atoms with Crippen molar-refractivity contribution < 1.29 is 0 Å². The van der Waals surface area contributed by atoms with Gasteiger partial charge in [0.2, 0.25) is 0 Å². The van der Waals surface area contributed by atoms with E-state index in [2.05, 4.69) is 10.1 Å². The highest BCUT2D eigenvalue weighted by molar-refractivity contribution is 5.35. The molecule has 0 aromatic carbocycles. The molecule has 2 aromatic rings. The first-order valence-corrected chi connectivity index (χ1v) is 4.26. The van der Waals surface area contributed by atoms with Gasteiger partial charge in [-0.25, -0.2) is 9.67 Å². The van der Waals surface area contributed by atoms with Gasteiger partial charge >= 0.3 is 0 Å². The van der Waals surface area contributed by atoms with Gasteiger partial charge in [0.15, 0.2) is 5.82 Å². The summed E-state index contributed by atoms with van der Waals surface area (Å²) in [6, 6.07) is 5.40. The van der Waals surface area contributed by atoms with Gasteiger partial charge in [0.05, 0.1) is 6.20 Å². The van der Waals surface area contributed by atoms with Gasteiger partial charge in [0.1, 0.15) is 5.82 Å². The first-order chi connectivity index (χ1) is 6.79. The van der Waals surface area contributed by atoms with Crippen molar-refractivity contribution in [2.75, 3.05) is 5.73 Å². The maximum Gasteiger partial charge on any atom is 0.155 e. The van der Waals surface area contributed by atoms with E-state index >= 15 is 0 Å². The summed E-state index contributed by atoms with van der Waals surface area (Å²) in [4.78, 5) is 4.13. The fourth-order valence-electron chi connectivity index (χ4n) is 1.16. The molecule has 0 saturated heterocycles. The molecule has 0 amide bonds. The molecule has 14 heavy (non-hydrogen) atoms. The van der Waals surface area contributed by atoms with Crippen LogP contribution in [-0.2, 0) is 6.54 Å². The van der Waals surface area contributed by atoms with Crippen molar-refractivity contribution in [3.63, 3.8) is 0 Å². The summed E-state index contributed by atoms with van der Waals surface area (Å²) in [5.74, 6) is 1.18. The molecular formula is C9H11N5. The van der Waals surface area contributed by atoms with Crippen molar-refractivity contribution in [2.45, 2.75) is 6.54 Å². The van der Waals surface area contributed by atoms with Gasteiger partial charge in [-0.1, -0.05) is 6.07 Å². The smallest absolute Gasteiger partial charge is 0.155 e. The lowest BCUT2D eigenvalue weighted by atomic mass is 10.4. The van der Waals surface area contributed by atoms with Crippen LogP contribution >= 0.6 is 0 Å². The number of rotatable bonds is 2. The predicted octanol–water partition coefficient (Wildman–Crippen LogP) is 0.308. The number of hydrogen-bond acceptors (Lipinski definition) is 4. The Balaban J connectivity index is 2.39. The third kappa shape index (κ3) is 1.57. The van der Waals surface area contributed by atoms with Crippen LogP contribution < -0.4 is 11.5 Å². The lowest BCUT2D eigenvalue weighted by molar-refractivity contribution is 0.848. The second-order valence-electron chi connectivity index (χ2n) is 2.92. The largest absolute Gasteiger partial charge is 0.384 e. The third-order valence-electron chi connectivity index (χ3n) is 1.86. The van der Waals surface area contributed by atoms with E-state index in [1.54, 1.807) is 16.9 Å². The van der Waals surface area contributed by atoms with Crippen LogP contribution in [0.2, 0.25) is 0 Å². The summed E-state index contributed by atoms with van der Waals surface area (Å²) in [6.45, 7) is 0.475. The average Bonchev–Trinajstić information content (AvgIpc) is 2.66. The fourth-order valence-corrected chi connectivity index (χ4v) is 1.16. The Morgan fingerprint density at radius 3 is 2.86 bits per heavy atom. The summed E-state index contributed by atoms with van der Waals surface area (Å²) in [7, 11) is 0. The number of pyridine rings is 1. The number of nitrogens with zero attached hydrogens (tertiary/aromatic N) is 3. The van der Waals surface area contributed by atoms with Gasteiger partial charge in [-0.3, -0.25) is 0 Å². The zero-order valence-corrected chi connectivity index (χ0v) is 7.59. The van der Waals surface area contributed by atoms with Crippen LogP contribution in [0.1, 0.15) is 5.56 Å². The van der Waals surface area contributed by atoms with Crippen LogP contribution in [-0.4, -0.2) is 14.8 Å². The van der Waals surface area contributed by atoms with Crippen LogP contribution in [0, 0.1) is 0 Å². The Bertz CT molecular complexity index is 434. The average molecular weight is 189 g/mol. The molecule has 2 aromatic heterocycles. The molecule has 0 saturated carbocycles. The first kappa shape index (κ1) is 8.71. The second-order valence-corrected chi connectivity index (χ2v) is 2.92. The van der Waals surface area contributed by atoms with E-state index in [0.717, 1.165) is 5.56 Å². The van der Waals surface area contributed by atoms with Crippen molar-refractivity contribution in [3.8, 4) is 5.82 Å². The number of hydrogen-bond donors (Lipinski definition) is 2. The molecule has 0 radical (unpaired) electrons. The fraction of sp³-hybridized carbons (Fsp3) is 0.111. The molecule has 5 heteroatoms. The summed E-state index contributed by atoms with van der Waals surface area (Å²) < 4.78 is 1.65. The number of nitrogens with two attached hydrogens (primary N) is 2. The highest BCUT2D eigenvalue weighted by Gasteiger charge is 2.00. The standard InChI is InChI=1S/C9H11N5/c10-4-7-5-12-14(6-7)9-3-1-2-8(11)13-9/h1-3,5-6H,4,10H2,(H2,11,13). The Morgan fingerprint density at radius 2 is 2.21 bits per heavy atom. The zero-order chi connectivity index (χ0) is 9.97. The molecule has 72 valence electrons. The van der Waals surface area contributed by atoms with E-state index in [9.17, 15) is 0 Å². The van der Waals surface area contributed by atoms with E-state index < -0.39 is 0 Å². The quantitative estimate of drug-likeness (QED) is 0.712. The van der Waals surface area contributed by atoms with Gasteiger partial charge < -0.3 is 11.5 Å². The summed E-state index contributed by atoms with van der Waals surface area (Å²) >= 11 is 0. The number of anilines is 1. The minimum absolute atomic E-state index is 0.475. The molecule has 0 unspecified atom stereocenters. The van der Waals surface area contributed by atoms with Gasteiger partial charge in [-0.2, -0.15) is 5.10 Å². The highest BCUT2D eigenvalue weighted by Crippen LogP contribution is 2.06. The van der Waals surface area contributed by atoms with E-state index in [-0.39, 0.29) is 0 Å². The Kier molecular flexibility index (Phi) is 2.16. The van der Waals surface area contributed by atoms with Gasteiger partial charge in [0, 0.05) is 18.3 Å². The van der Waals surface area contributed by atoms with Crippen LogP contribution in [0.3, 0.4) is 0 Å². The molecule has 0 bridgehead atoms. The van der Waals surface area contributed by atoms with Crippen LogP contribution in [0.15, 0.2) is 30.6 Å². The predicted molar refractivity (Wildman–Crippen MR) is 53.7 cm³/mol. The maximum absolute atomic E-state index is 5.56. The number of nitrogen functional groups attached to an aromatic ring is 1. The maximum atomic E-state index is 5.56. The van der Waals surface area contributed by atoms with E-state index in [1.165, 1.54) is 0 Å². The molecule has 0 aliphatic rings. The van der Waals surface area contributed by atoms with Crippen LogP contribution in [0.4, 0.5) is 5.82 Å². The monoisotopic (exact) mass is 189 g/mol. The molecule has 0 aliphatic heterocycles. The van der Waals surface area contributed by atoms with Gasteiger partial charge in [0.25, 0.3) is 0 Å². The summed E-state index contributed by atoms with van der Waals surface area (Å²) in [5.41, 5.74) is 12.0. The van der Waals surface area contributed by atoms with Crippen LogP contribution in [0.25, 0.3) is 5.82 Å². The number of aromatic nitrogens is 3. The van der Waals surface area contributed by atoms with Gasteiger partial charge in [-0.05, 0) is 12.1 Å². The van der Waals surface area contributed by atoms with Crippen molar-refractivity contribution in [1.82, 2.24) is 14.8 Å². The molecule has 4 N–H and O–H groups in total. The lowest BCUT2D eigenvalue weighted by Crippen LogP contribution is -2.00. The summed E-state index contributed by atoms with van der Waals surface area (Å²) in [6.07, 6.45) is 3.55. The SMILES string of the molecule is NCc1cnn(-c2cccc(N)n2)c1. The van der Waals surface area contributed by atoms with E-state index in [4.69, 9.17) is 11.5 Å². The molecule has 0 fully saturated rings. The minimum atomic E-state index is 0.475. The summed E-state index contributed by atoms with van der Waals surface area (Å²) in [5, 5.41) is 4.12. The van der Waals surface area contributed by atoms with Crippen molar-refractivity contribution >= 4 is 5.82 Å². The Morgan fingerprint density at radius 1 is 1.36 bits per heavy atom. The molecule has 2 rings (SSSR count). The Hall–Kier alpha value is -1.88. The van der Waals surface area contributed by atoms with Crippen molar-refractivity contribution in [2.24, 2.45) is 5.73 Å². The second kappa shape index (κ2) is 3.47. The topological polar surface area (TPSA) is 82.8 Å². The molecule has 2 heterocycles. The van der Waals surface area contributed by atoms with Crippen molar-refractivity contribution in [1.29, 1.82) is 0 Å². The third-order valence-corrected chi connectivity index (χ3v) is 1.86. The van der Waals surface area contributed by atoms with Crippen molar-refractivity contribution in [3.05, 3.63) is 36.2 Å². The first-order valence-electron chi connectivity index (χ1n) is 4.26. The van der Waals surface area contributed by atoms with Gasteiger partial charge in [-0.15, -0.1) is 0 Å². The van der Waals surface area contributed by atoms with E-state index in [0.29, 0.717) is 18.2 Å². The molecule has 0 spiro atoms. The highest BCUT2D eigenvalue weighted by atomic mass is 15.3. The molecule has 0 atom stereocenters. The zero-order valence-electron chi connectivity index (χ0n) is 7.59. The normalized spacial score (nSPS) is 10.4. The molecule has 5 nitrogen and oxygen atoms in total. The van der Waals surface area contributed by atoms with E-state index in [1.807, 2.05) is 18.3 Å². The Labute approximate surface area is 81.4 Å². The minimum Gasteiger partial charge on any atom is -0.384 e. The van der Waals surface area contributed by atoms with Crippen LogP contribution in [0.5, 0.6) is 0 Å². The molecular weight excluding hydrogens is 178 g/mol. The molecule has 0 aliphatic carbocycles. The lowest BCUT2D eigenvalue weighted by Gasteiger charge is -1.99.